The van der Waals surface area contributed by atoms with Crippen LogP contribution in [0.1, 0.15) is 31.0 Å². The van der Waals surface area contributed by atoms with Crippen molar-refractivity contribution in [3.8, 4) is 11.8 Å². The van der Waals surface area contributed by atoms with E-state index in [4.69, 9.17) is 10.00 Å². The number of nitriles is 1. The maximum atomic E-state index is 12.0. The number of benzene rings is 1. The van der Waals surface area contributed by atoms with E-state index < -0.39 is 17.7 Å². The molecule has 21 heavy (non-hydrogen) atoms. The Balaban J connectivity index is 2.13. The van der Waals surface area contributed by atoms with Crippen LogP contribution in [0.15, 0.2) is 30.4 Å². The topological polar surface area (TPSA) is 73.6 Å². The van der Waals surface area contributed by atoms with E-state index in [0.29, 0.717) is 23.4 Å². The molecule has 1 aromatic carbocycles. The van der Waals surface area contributed by atoms with E-state index in [2.05, 4.69) is 6.07 Å². The highest BCUT2D eigenvalue weighted by Crippen LogP contribution is 2.43. The average molecular weight is 284 g/mol. The maximum Gasteiger partial charge on any atom is 0.247 e. The summed E-state index contributed by atoms with van der Waals surface area (Å²) in [5, 5.41) is 19.7. The summed E-state index contributed by atoms with van der Waals surface area (Å²) in [6.07, 6.45) is 2.40. The van der Waals surface area contributed by atoms with Gasteiger partial charge in [0, 0.05) is 18.2 Å². The lowest BCUT2D eigenvalue weighted by molar-refractivity contribution is -0.137. The largest absolute Gasteiger partial charge is 0.485 e. The number of hydrogen-bond donors (Lipinski definition) is 1. The van der Waals surface area contributed by atoms with Crippen LogP contribution in [0, 0.1) is 11.3 Å². The van der Waals surface area contributed by atoms with Crippen molar-refractivity contribution >= 4 is 5.91 Å². The predicted octanol–water partition coefficient (Wildman–Crippen LogP) is 1.53. The highest BCUT2D eigenvalue weighted by molar-refractivity contribution is 5.90. The molecule has 0 aliphatic carbocycles. The van der Waals surface area contributed by atoms with Crippen molar-refractivity contribution in [2.24, 2.45) is 0 Å². The highest BCUT2D eigenvalue weighted by atomic mass is 16.5. The molecule has 5 nitrogen and oxygen atoms in total. The normalized spacial score (nSPS) is 26.2. The number of aliphatic hydroxyl groups excluding tert-OH is 1. The van der Waals surface area contributed by atoms with Crippen molar-refractivity contribution in [1.29, 1.82) is 5.26 Å². The number of hydrogen-bond acceptors (Lipinski definition) is 4. The van der Waals surface area contributed by atoms with Crippen molar-refractivity contribution in [1.82, 2.24) is 4.90 Å². The molecule has 1 aromatic rings. The van der Waals surface area contributed by atoms with Gasteiger partial charge in [0.1, 0.15) is 17.5 Å². The standard InChI is InChI=1S/C16H16N2O3/c1-16(2)15(20)14(18-7-3-4-13(18)19)11-8-10(9-17)5-6-12(11)21-16/h3-6,8,14-15,20H,7H2,1-2H3/t14-,15+/m1/s1. The van der Waals surface area contributed by atoms with Crippen molar-refractivity contribution < 1.29 is 14.6 Å². The summed E-state index contributed by atoms with van der Waals surface area (Å²) in [4.78, 5) is 13.6. The van der Waals surface area contributed by atoms with Gasteiger partial charge in [0.05, 0.1) is 17.7 Å². The second-order valence-corrected chi connectivity index (χ2v) is 5.85. The number of ether oxygens (including phenoxy) is 1. The molecule has 108 valence electrons. The minimum atomic E-state index is -0.872. The number of carbonyl (C=O) groups excluding carboxylic acids is 1. The van der Waals surface area contributed by atoms with Gasteiger partial charge in [-0.1, -0.05) is 6.08 Å². The van der Waals surface area contributed by atoms with Gasteiger partial charge in [-0.25, -0.2) is 0 Å². The lowest BCUT2D eigenvalue weighted by Crippen LogP contribution is -2.54. The molecule has 3 rings (SSSR count). The van der Waals surface area contributed by atoms with Crippen molar-refractivity contribution in [3.05, 3.63) is 41.5 Å². The Labute approximate surface area is 123 Å². The smallest absolute Gasteiger partial charge is 0.247 e. The summed E-state index contributed by atoms with van der Waals surface area (Å²) < 4.78 is 5.84. The fraction of sp³-hybridized carbons (Fsp3) is 0.375. The highest BCUT2D eigenvalue weighted by Gasteiger charge is 2.46. The summed E-state index contributed by atoms with van der Waals surface area (Å²) in [7, 11) is 0. The van der Waals surface area contributed by atoms with Gasteiger partial charge in [-0.15, -0.1) is 0 Å². The zero-order valence-corrected chi connectivity index (χ0v) is 11.9. The number of amides is 1. The van der Waals surface area contributed by atoms with Crippen LogP contribution in [0.2, 0.25) is 0 Å². The van der Waals surface area contributed by atoms with E-state index in [-0.39, 0.29) is 5.91 Å². The minimum Gasteiger partial charge on any atom is -0.485 e. The number of nitrogens with zero attached hydrogens (tertiary/aromatic N) is 2. The molecule has 2 heterocycles. The third-order valence-electron chi connectivity index (χ3n) is 4.02. The molecule has 0 saturated carbocycles. The fourth-order valence-electron chi connectivity index (χ4n) is 2.88. The molecule has 1 N–H and O–H groups in total. The lowest BCUT2D eigenvalue weighted by Gasteiger charge is -2.45. The molecule has 0 saturated heterocycles. The third kappa shape index (κ3) is 2.08. The molecule has 0 unspecified atom stereocenters. The SMILES string of the molecule is CC1(C)Oc2ccc(C#N)cc2[C@@H](N2CC=CC2=O)[C@@H]1O. The predicted molar refractivity (Wildman–Crippen MR) is 75.5 cm³/mol. The first-order valence-corrected chi connectivity index (χ1v) is 6.82. The molecule has 0 fully saturated rings. The first-order valence-electron chi connectivity index (χ1n) is 6.82. The van der Waals surface area contributed by atoms with Crippen LogP contribution in [0.4, 0.5) is 0 Å². The van der Waals surface area contributed by atoms with Crippen LogP contribution in [0.5, 0.6) is 5.75 Å². The number of carbonyl (C=O) groups is 1. The number of aliphatic hydroxyl groups is 1. The van der Waals surface area contributed by atoms with Gasteiger partial charge in [-0.3, -0.25) is 4.79 Å². The molecular weight excluding hydrogens is 268 g/mol. The van der Waals surface area contributed by atoms with Crippen LogP contribution in [0.25, 0.3) is 0 Å². The van der Waals surface area contributed by atoms with Crippen LogP contribution in [-0.2, 0) is 4.79 Å². The summed E-state index contributed by atoms with van der Waals surface area (Å²) >= 11 is 0. The van der Waals surface area contributed by atoms with Crippen LogP contribution < -0.4 is 4.74 Å². The first-order chi connectivity index (χ1) is 9.94. The van der Waals surface area contributed by atoms with Crippen LogP contribution in [-0.4, -0.2) is 34.2 Å². The molecule has 0 bridgehead atoms. The van der Waals surface area contributed by atoms with E-state index in [1.165, 1.54) is 6.08 Å². The summed E-state index contributed by atoms with van der Waals surface area (Å²) in [6.45, 7) is 4.03. The van der Waals surface area contributed by atoms with Crippen molar-refractivity contribution in [2.45, 2.75) is 31.6 Å². The number of fused-ring (bicyclic) bond motifs is 1. The lowest BCUT2D eigenvalue weighted by atomic mass is 9.85. The quantitative estimate of drug-likeness (QED) is 0.848. The monoisotopic (exact) mass is 284 g/mol. The molecule has 2 aliphatic heterocycles. The second kappa shape index (κ2) is 4.61. The molecule has 5 heteroatoms. The second-order valence-electron chi connectivity index (χ2n) is 5.85. The van der Waals surface area contributed by atoms with Gasteiger partial charge < -0.3 is 14.7 Å². The van der Waals surface area contributed by atoms with Crippen LogP contribution in [0.3, 0.4) is 0 Å². The van der Waals surface area contributed by atoms with E-state index >= 15 is 0 Å². The Kier molecular flexibility index (Phi) is 2.99. The van der Waals surface area contributed by atoms with Gasteiger partial charge in [0.25, 0.3) is 0 Å². The Morgan fingerprint density at radius 1 is 1.48 bits per heavy atom. The summed E-state index contributed by atoms with van der Waals surface area (Å²) in [5.41, 5.74) is 0.348. The molecular formula is C16H16N2O3. The van der Waals surface area contributed by atoms with Gasteiger partial charge >= 0.3 is 0 Å². The molecule has 2 atom stereocenters. The molecule has 0 spiro atoms. The van der Waals surface area contributed by atoms with Gasteiger partial charge in [0.2, 0.25) is 5.91 Å². The van der Waals surface area contributed by atoms with Gasteiger partial charge in [0.15, 0.2) is 0 Å². The fourth-order valence-corrected chi connectivity index (χ4v) is 2.88. The van der Waals surface area contributed by atoms with E-state index in [9.17, 15) is 9.90 Å². The van der Waals surface area contributed by atoms with Gasteiger partial charge in [-0.05, 0) is 32.0 Å². The summed E-state index contributed by atoms with van der Waals surface area (Å²) in [5.74, 6) is 0.471. The van der Waals surface area contributed by atoms with E-state index in [1.54, 1.807) is 43.0 Å². The zero-order valence-electron chi connectivity index (χ0n) is 11.9. The Morgan fingerprint density at radius 2 is 2.24 bits per heavy atom. The minimum absolute atomic E-state index is 0.134. The third-order valence-corrected chi connectivity index (χ3v) is 4.02. The molecule has 0 radical (unpaired) electrons. The van der Waals surface area contributed by atoms with E-state index in [1.807, 2.05) is 0 Å². The van der Waals surface area contributed by atoms with Crippen molar-refractivity contribution in [2.75, 3.05) is 6.54 Å². The average Bonchev–Trinajstić information content (AvgIpc) is 2.86. The Morgan fingerprint density at radius 3 is 2.86 bits per heavy atom. The zero-order chi connectivity index (χ0) is 15.2. The first kappa shape index (κ1) is 13.7. The maximum absolute atomic E-state index is 12.0. The van der Waals surface area contributed by atoms with Crippen LogP contribution >= 0.6 is 0 Å². The Hall–Kier alpha value is -2.32. The molecule has 2 aliphatic rings. The van der Waals surface area contributed by atoms with Crippen molar-refractivity contribution in [3.63, 3.8) is 0 Å². The van der Waals surface area contributed by atoms with E-state index in [0.717, 1.165) is 0 Å². The Bertz CT molecular complexity index is 673. The molecule has 0 aromatic heterocycles. The summed E-state index contributed by atoms with van der Waals surface area (Å²) in [6, 6.07) is 6.65. The van der Waals surface area contributed by atoms with Gasteiger partial charge in [-0.2, -0.15) is 5.26 Å². The number of rotatable bonds is 1. The molecule has 1 amide bonds.